The molecule has 0 aliphatic rings. The van der Waals surface area contributed by atoms with Crippen molar-refractivity contribution in [1.82, 2.24) is 19.1 Å². The average Bonchev–Trinajstić information content (AvgIpc) is 3.39. The van der Waals surface area contributed by atoms with E-state index < -0.39 is 0 Å². The maximum absolute atomic E-state index is 4.40. The van der Waals surface area contributed by atoms with Crippen LogP contribution in [0.25, 0.3) is 22.8 Å². The van der Waals surface area contributed by atoms with Crippen molar-refractivity contribution in [1.29, 1.82) is 0 Å². The van der Waals surface area contributed by atoms with E-state index in [2.05, 4.69) is 84.9 Å². The van der Waals surface area contributed by atoms with E-state index in [0.29, 0.717) is 12.1 Å². The predicted octanol–water partition coefficient (Wildman–Crippen LogP) is 6.48. The Bertz CT molecular complexity index is 1000. The largest absolute Gasteiger partial charge is 2.00 e. The van der Waals surface area contributed by atoms with Gasteiger partial charge in [-0.3, -0.25) is 9.97 Å². The molecule has 4 rings (SSSR count). The fourth-order valence-corrected chi connectivity index (χ4v) is 3.37. The van der Waals surface area contributed by atoms with Crippen molar-refractivity contribution in [3.05, 3.63) is 84.4 Å². The Balaban J connectivity index is 0.000000213. The van der Waals surface area contributed by atoms with E-state index in [1.54, 1.807) is 0 Å². The number of hydrogen-bond acceptors (Lipinski definition) is 2. The Kier molecular flexibility index (Phi) is 9.00. The third-order valence-electron chi connectivity index (χ3n) is 5.03. The van der Waals surface area contributed by atoms with Crippen LogP contribution in [0.1, 0.15) is 50.9 Å². The molecule has 0 unspecified atom stereocenters. The summed E-state index contributed by atoms with van der Waals surface area (Å²) < 4.78 is 4.33. The molecule has 0 aliphatic heterocycles. The van der Waals surface area contributed by atoms with Gasteiger partial charge < -0.3 is 9.13 Å². The van der Waals surface area contributed by atoms with Gasteiger partial charge in [0.25, 0.3) is 0 Å². The summed E-state index contributed by atoms with van der Waals surface area (Å²) in [5.74, 6) is 2.01. The number of benzene rings is 2. The minimum Gasteiger partial charge on any atom is -0.368 e. The summed E-state index contributed by atoms with van der Waals surface area (Å²) in [7, 11) is 0. The number of hydrogen-bond donors (Lipinski definition) is 0. The van der Waals surface area contributed by atoms with Gasteiger partial charge in [0.15, 0.2) is 0 Å². The first-order valence-electron chi connectivity index (χ1n) is 10.4. The maximum Gasteiger partial charge on any atom is 2.00 e. The van der Waals surface area contributed by atoms with Crippen LogP contribution in [0.5, 0.6) is 0 Å². The van der Waals surface area contributed by atoms with Gasteiger partial charge in [-0.2, -0.15) is 0 Å². The fraction of sp³-hybridized carbons (Fsp3) is 0.308. The van der Waals surface area contributed by atoms with Crippen molar-refractivity contribution in [2.75, 3.05) is 0 Å². The zero-order valence-corrected chi connectivity index (χ0v) is 21.3. The molecule has 4 nitrogen and oxygen atoms in total. The third-order valence-corrected chi connectivity index (χ3v) is 5.03. The van der Waals surface area contributed by atoms with E-state index in [-0.39, 0.29) is 21.1 Å². The zero-order chi connectivity index (χ0) is 21.7. The zero-order valence-electron chi connectivity index (χ0n) is 19.0. The Morgan fingerprint density at radius 2 is 1.10 bits per heavy atom. The van der Waals surface area contributed by atoms with Gasteiger partial charge in [0.2, 0.25) is 0 Å². The van der Waals surface area contributed by atoms with Gasteiger partial charge in [0.1, 0.15) is 0 Å². The maximum atomic E-state index is 4.40. The molecule has 0 atom stereocenters. The minimum atomic E-state index is 0. The summed E-state index contributed by atoms with van der Waals surface area (Å²) >= 11 is 0. The minimum absolute atomic E-state index is 0. The Morgan fingerprint density at radius 3 is 1.42 bits per heavy atom. The van der Waals surface area contributed by atoms with E-state index in [9.17, 15) is 0 Å². The Labute approximate surface area is 200 Å². The molecule has 0 saturated heterocycles. The average molecular weight is 594 g/mol. The second-order valence-corrected chi connectivity index (χ2v) is 7.96. The molecule has 0 radical (unpaired) electrons. The summed E-state index contributed by atoms with van der Waals surface area (Å²) in [5, 5.41) is 0. The molecular formula is C26H30N4Pt. The molecule has 5 heteroatoms. The van der Waals surface area contributed by atoms with E-state index in [4.69, 9.17) is 0 Å². The quantitative estimate of drug-likeness (QED) is 0.254. The number of imidazole rings is 2. The van der Waals surface area contributed by atoms with Crippen LogP contribution >= 0.6 is 0 Å². The van der Waals surface area contributed by atoms with Crippen LogP contribution in [-0.4, -0.2) is 19.1 Å². The molecule has 0 saturated carbocycles. The van der Waals surface area contributed by atoms with E-state index in [0.717, 1.165) is 22.8 Å². The van der Waals surface area contributed by atoms with Gasteiger partial charge in [0.05, 0.1) is 11.6 Å². The first kappa shape index (κ1) is 24.8. The fourth-order valence-electron chi connectivity index (χ4n) is 3.37. The molecular weight excluding hydrogens is 563 g/mol. The molecule has 4 aromatic rings. The number of aromatic nitrogens is 4. The molecule has 2 heterocycles. The van der Waals surface area contributed by atoms with Crippen LogP contribution < -0.4 is 0 Å². The van der Waals surface area contributed by atoms with E-state index in [1.165, 1.54) is 11.1 Å². The summed E-state index contributed by atoms with van der Waals surface area (Å²) in [4.78, 5) is 8.80. The van der Waals surface area contributed by atoms with Crippen molar-refractivity contribution in [2.45, 2.75) is 53.6 Å². The monoisotopic (exact) mass is 593 g/mol. The molecule has 0 fully saturated rings. The van der Waals surface area contributed by atoms with Crippen LogP contribution in [0.4, 0.5) is 0 Å². The Hall–Kier alpha value is -2.45. The number of nitrogens with zero attached hydrogens (tertiary/aromatic N) is 4. The van der Waals surface area contributed by atoms with E-state index in [1.807, 2.05) is 49.1 Å². The molecule has 2 aromatic carbocycles. The molecule has 164 valence electrons. The van der Waals surface area contributed by atoms with Gasteiger partial charge >= 0.3 is 21.1 Å². The predicted molar refractivity (Wildman–Crippen MR) is 123 cm³/mol. The first-order valence-corrected chi connectivity index (χ1v) is 10.4. The van der Waals surface area contributed by atoms with Gasteiger partial charge in [-0.1, -0.05) is 13.8 Å². The second-order valence-electron chi connectivity index (χ2n) is 7.96. The van der Waals surface area contributed by atoms with Crippen molar-refractivity contribution in [3.63, 3.8) is 0 Å². The van der Waals surface area contributed by atoms with Crippen molar-refractivity contribution in [2.24, 2.45) is 0 Å². The molecule has 31 heavy (non-hydrogen) atoms. The first-order chi connectivity index (χ1) is 14.4. The summed E-state index contributed by atoms with van der Waals surface area (Å²) in [6, 6.07) is 19.4. The standard InChI is InChI=1S/2C13H15N2.Pt/c2*1-10(2)15-9-8-14-13(15)12-7-5-4-6-11(12)3;/h2*4-6,8-10H,1-3H3;/q2*-1;+2. The molecule has 0 amide bonds. The SMILES string of the molecule is Cc1ccc[c-]c1-c1nccn1C(C)C.Cc1ccc[c-]c1-c1nccn1C(C)C.[Pt+2]. The van der Waals surface area contributed by atoms with Crippen molar-refractivity contribution < 1.29 is 21.1 Å². The third kappa shape index (κ3) is 5.83. The topological polar surface area (TPSA) is 35.6 Å². The molecule has 2 aromatic heterocycles. The molecule has 0 bridgehead atoms. The summed E-state index contributed by atoms with van der Waals surface area (Å²) in [6.07, 6.45) is 7.71. The molecule has 0 spiro atoms. The molecule has 0 N–H and O–H groups in total. The summed E-state index contributed by atoms with van der Waals surface area (Å²) in [5.41, 5.74) is 4.61. The normalized spacial score (nSPS) is 10.6. The van der Waals surface area contributed by atoms with E-state index >= 15 is 0 Å². The number of aryl methyl sites for hydroxylation is 2. The van der Waals surface area contributed by atoms with Crippen LogP contribution in [0, 0.1) is 26.0 Å². The van der Waals surface area contributed by atoms with Gasteiger partial charge in [-0.15, -0.1) is 70.8 Å². The number of rotatable bonds is 4. The molecule has 0 aliphatic carbocycles. The van der Waals surface area contributed by atoms with Gasteiger partial charge in [-0.05, 0) is 27.7 Å². The summed E-state index contributed by atoms with van der Waals surface area (Å²) in [6.45, 7) is 12.8. The van der Waals surface area contributed by atoms with Crippen LogP contribution in [0.2, 0.25) is 0 Å². The van der Waals surface area contributed by atoms with Crippen LogP contribution in [0.15, 0.2) is 61.2 Å². The van der Waals surface area contributed by atoms with Crippen LogP contribution in [-0.2, 0) is 21.1 Å². The van der Waals surface area contributed by atoms with Gasteiger partial charge in [0, 0.05) is 36.9 Å². The van der Waals surface area contributed by atoms with Crippen molar-refractivity contribution >= 4 is 0 Å². The smallest absolute Gasteiger partial charge is 0.368 e. The second kappa shape index (κ2) is 11.2. The Morgan fingerprint density at radius 1 is 0.710 bits per heavy atom. The van der Waals surface area contributed by atoms with Crippen LogP contribution in [0.3, 0.4) is 0 Å². The van der Waals surface area contributed by atoms with Crippen molar-refractivity contribution in [3.8, 4) is 22.8 Å². The van der Waals surface area contributed by atoms with Gasteiger partial charge in [-0.25, -0.2) is 0 Å².